The fourth-order valence-corrected chi connectivity index (χ4v) is 1.44. The minimum absolute atomic E-state index is 0.0224. The summed E-state index contributed by atoms with van der Waals surface area (Å²) in [4.78, 5) is 21.8. The predicted molar refractivity (Wildman–Crippen MR) is 61.9 cm³/mol. The smallest absolute Gasteiger partial charge is 0.341 e. The maximum absolute atomic E-state index is 11.8. The molecule has 1 rings (SSSR count). The fourth-order valence-electron chi connectivity index (χ4n) is 1.17. The van der Waals surface area contributed by atoms with Crippen LogP contribution in [0.5, 0.6) is 0 Å². The summed E-state index contributed by atoms with van der Waals surface area (Å²) >= 11 is 3.22. The van der Waals surface area contributed by atoms with E-state index in [-0.39, 0.29) is 6.42 Å². The van der Waals surface area contributed by atoms with Crippen LogP contribution >= 0.6 is 15.9 Å². The molecule has 1 N–H and O–H groups in total. The Labute approximate surface area is 109 Å². The summed E-state index contributed by atoms with van der Waals surface area (Å²) in [6.45, 7) is -0.631. The van der Waals surface area contributed by atoms with Crippen LogP contribution in [0.15, 0.2) is 28.7 Å². The van der Waals surface area contributed by atoms with Crippen molar-refractivity contribution in [1.82, 2.24) is 5.32 Å². The molecular weight excluding hydrogens is 315 g/mol. The summed E-state index contributed by atoms with van der Waals surface area (Å²) < 4.78 is 36.4. The number of Topliss-reactive ketones (excluding diaryl/α,β-unsaturated/α-hetero) is 1. The molecule has 0 heterocycles. The number of ketones is 1. The lowest BCUT2D eigenvalue weighted by molar-refractivity contribution is -0.173. The number of carbonyl (C=O) groups excluding carboxylic acids is 2. The van der Waals surface area contributed by atoms with Crippen molar-refractivity contribution in [1.29, 1.82) is 0 Å². The molecule has 0 aromatic heterocycles. The lowest BCUT2D eigenvalue weighted by Crippen LogP contribution is -2.39. The lowest BCUT2D eigenvalue weighted by atomic mass is 10.1. The van der Waals surface area contributed by atoms with Gasteiger partial charge < -0.3 is 5.32 Å². The number of hydrogen-bond acceptors (Lipinski definition) is 2. The van der Waals surface area contributed by atoms with Gasteiger partial charge in [-0.05, 0) is 17.7 Å². The number of hydrogen-bond donors (Lipinski definition) is 1. The molecule has 18 heavy (non-hydrogen) atoms. The zero-order valence-electron chi connectivity index (χ0n) is 9.05. The number of benzene rings is 1. The Bertz CT molecular complexity index is 443. The maximum atomic E-state index is 11.8. The Morgan fingerprint density at radius 1 is 1.17 bits per heavy atom. The highest BCUT2D eigenvalue weighted by Gasteiger charge is 2.38. The van der Waals surface area contributed by atoms with Crippen LogP contribution in [0.1, 0.15) is 5.56 Å². The monoisotopic (exact) mass is 323 g/mol. The first-order chi connectivity index (χ1) is 8.29. The molecule has 0 unspecified atom stereocenters. The first-order valence-corrected chi connectivity index (χ1v) is 5.69. The zero-order valence-corrected chi connectivity index (χ0v) is 10.6. The van der Waals surface area contributed by atoms with E-state index in [9.17, 15) is 22.8 Å². The van der Waals surface area contributed by atoms with Gasteiger partial charge in [0.25, 0.3) is 0 Å². The quantitative estimate of drug-likeness (QED) is 0.923. The number of rotatable bonds is 4. The van der Waals surface area contributed by atoms with Crippen LogP contribution in [0, 0.1) is 0 Å². The van der Waals surface area contributed by atoms with E-state index in [1.54, 1.807) is 24.3 Å². The Hall–Kier alpha value is -1.37. The van der Waals surface area contributed by atoms with Gasteiger partial charge in [0, 0.05) is 10.9 Å². The Morgan fingerprint density at radius 3 is 2.22 bits per heavy atom. The van der Waals surface area contributed by atoms with E-state index >= 15 is 0 Å². The predicted octanol–water partition coefficient (Wildman–Crippen LogP) is 2.24. The standard InChI is InChI=1S/C11H9BrF3NO2/c12-8-3-1-7(2-4-8)5-9(17)6-16-10(18)11(13,14)15/h1-4H,5-6H2,(H,16,18). The van der Waals surface area contributed by atoms with Crippen molar-refractivity contribution in [2.45, 2.75) is 12.6 Å². The molecule has 0 saturated carbocycles. The first kappa shape index (κ1) is 14.7. The van der Waals surface area contributed by atoms with Gasteiger partial charge in [0.1, 0.15) is 0 Å². The number of halogens is 4. The summed E-state index contributed by atoms with van der Waals surface area (Å²) in [7, 11) is 0. The summed E-state index contributed by atoms with van der Waals surface area (Å²) in [5, 5.41) is 1.53. The third-order valence-electron chi connectivity index (χ3n) is 2.02. The molecule has 1 amide bonds. The molecule has 0 aliphatic heterocycles. The number of carbonyl (C=O) groups is 2. The fraction of sp³-hybridized carbons (Fsp3) is 0.273. The molecule has 0 aliphatic rings. The normalized spacial score (nSPS) is 11.1. The lowest BCUT2D eigenvalue weighted by Gasteiger charge is -2.07. The second-order valence-electron chi connectivity index (χ2n) is 3.52. The van der Waals surface area contributed by atoms with Crippen molar-refractivity contribution >= 4 is 27.6 Å². The molecule has 0 spiro atoms. The molecule has 0 bridgehead atoms. The van der Waals surface area contributed by atoms with Crippen molar-refractivity contribution in [3.05, 3.63) is 34.3 Å². The van der Waals surface area contributed by atoms with Crippen LogP contribution in [0.4, 0.5) is 13.2 Å². The second kappa shape index (κ2) is 5.99. The highest BCUT2D eigenvalue weighted by Crippen LogP contribution is 2.14. The average Bonchev–Trinajstić information content (AvgIpc) is 2.28. The SMILES string of the molecule is O=C(CNC(=O)C(F)(F)F)Cc1ccc(Br)cc1. The van der Waals surface area contributed by atoms with Crippen LogP contribution < -0.4 is 5.32 Å². The van der Waals surface area contributed by atoms with Crippen LogP contribution in [0.3, 0.4) is 0 Å². The van der Waals surface area contributed by atoms with E-state index in [4.69, 9.17) is 0 Å². The molecule has 1 aromatic rings. The van der Waals surface area contributed by atoms with Gasteiger partial charge in [0.2, 0.25) is 0 Å². The molecule has 3 nitrogen and oxygen atoms in total. The molecular formula is C11H9BrF3NO2. The molecule has 0 radical (unpaired) electrons. The molecule has 0 atom stereocenters. The molecule has 0 aliphatic carbocycles. The molecule has 7 heteroatoms. The Kier molecular flexibility index (Phi) is 4.89. The number of nitrogens with one attached hydrogen (secondary N) is 1. The van der Waals surface area contributed by atoms with Gasteiger partial charge in [-0.15, -0.1) is 0 Å². The Balaban J connectivity index is 2.43. The van der Waals surface area contributed by atoms with Crippen LogP contribution in [-0.4, -0.2) is 24.4 Å². The van der Waals surface area contributed by atoms with E-state index in [1.165, 1.54) is 5.32 Å². The van der Waals surface area contributed by atoms with Crippen molar-refractivity contribution in [3.8, 4) is 0 Å². The van der Waals surface area contributed by atoms with Gasteiger partial charge >= 0.3 is 12.1 Å². The van der Waals surface area contributed by atoms with Crippen molar-refractivity contribution in [3.63, 3.8) is 0 Å². The summed E-state index contributed by atoms with van der Waals surface area (Å²) in [6, 6.07) is 6.79. The highest BCUT2D eigenvalue weighted by molar-refractivity contribution is 9.10. The largest absolute Gasteiger partial charge is 0.471 e. The third kappa shape index (κ3) is 4.87. The minimum atomic E-state index is -4.96. The van der Waals surface area contributed by atoms with Gasteiger partial charge in [-0.1, -0.05) is 28.1 Å². The van der Waals surface area contributed by atoms with Crippen molar-refractivity contribution in [2.24, 2.45) is 0 Å². The average molecular weight is 324 g/mol. The topological polar surface area (TPSA) is 46.2 Å². The molecule has 1 aromatic carbocycles. The van der Waals surface area contributed by atoms with E-state index in [1.807, 2.05) is 0 Å². The molecule has 98 valence electrons. The third-order valence-corrected chi connectivity index (χ3v) is 2.55. The van der Waals surface area contributed by atoms with Gasteiger partial charge in [-0.2, -0.15) is 13.2 Å². The van der Waals surface area contributed by atoms with Crippen LogP contribution in [0.25, 0.3) is 0 Å². The number of alkyl halides is 3. The number of amides is 1. The first-order valence-electron chi connectivity index (χ1n) is 4.90. The van der Waals surface area contributed by atoms with E-state index in [2.05, 4.69) is 15.9 Å². The van der Waals surface area contributed by atoms with Gasteiger partial charge in [0.15, 0.2) is 5.78 Å². The van der Waals surface area contributed by atoms with E-state index in [0.717, 1.165) is 4.47 Å². The highest BCUT2D eigenvalue weighted by atomic mass is 79.9. The molecule has 0 fully saturated rings. The van der Waals surface area contributed by atoms with Crippen molar-refractivity contribution < 1.29 is 22.8 Å². The van der Waals surface area contributed by atoms with Crippen molar-refractivity contribution in [2.75, 3.05) is 6.54 Å². The Morgan fingerprint density at radius 2 is 1.72 bits per heavy atom. The molecule has 0 saturated heterocycles. The maximum Gasteiger partial charge on any atom is 0.471 e. The van der Waals surface area contributed by atoms with Gasteiger partial charge in [-0.3, -0.25) is 9.59 Å². The second-order valence-corrected chi connectivity index (χ2v) is 4.44. The van der Waals surface area contributed by atoms with Crippen LogP contribution in [0.2, 0.25) is 0 Å². The summed E-state index contributed by atoms with van der Waals surface area (Å²) in [6.07, 6.45) is -4.98. The summed E-state index contributed by atoms with van der Waals surface area (Å²) in [5.74, 6) is -2.60. The zero-order chi connectivity index (χ0) is 13.8. The summed E-state index contributed by atoms with van der Waals surface area (Å²) in [5.41, 5.74) is 0.671. The van der Waals surface area contributed by atoms with Crippen LogP contribution in [-0.2, 0) is 16.0 Å². The van der Waals surface area contributed by atoms with E-state index < -0.39 is 24.4 Å². The van der Waals surface area contributed by atoms with Gasteiger partial charge in [0.05, 0.1) is 6.54 Å². The minimum Gasteiger partial charge on any atom is -0.341 e. The van der Waals surface area contributed by atoms with E-state index in [0.29, 0.717) is 5.56 Å². The van der Waals surface area contributed by atoms with Gasteiger partial charge in [-0.25, -0.2) is 0 Å².